The Morgan fingerprint density at radius 2 is 1.82 bits per heavy atom. The molecular weight excluding hydrogens is 394 g/mol. The Hall–Kier alpha value is -1.51. The van der Waals surface area contributed by atoms with Crippen LogP contribution in [-0.2, 0) is 10.0 Å². The van der Waals surface area contributed by atoms with E-state index in [1.165, 1.54) is 40.9 Å². The van der Waals surface area contributed by atoms with E-state index in [9.17, 15) is 8.42 Å². The van der Waals surface area contributed by atoms with Crippen LogP contribution in [0, 0.1) is 0 Å². The van der Waals surface area contributed by atoms with Crippen molar-refractivity contribution in [3.05, 3.63) is 47.4 Å². The van der Waals surface area contributed by atoms with E-state index in [2.05, 4.69) is 56.2 Å². The number of allylic oxidation sites excluding steroid dienone is 5. The van der Waals surface area contributed by atoms with Crippen molar-refractivity contribution in [3.63, 3.8) is 0 Å². The quantitative estimate of drug-likeness (QED) is 0.345. The van der Waals surface area contributed by atoms with Crippen LogP contribution < -0.4 is 10.5 Å². The molecule has 0 aliphatic rings. The topological polar surface area (TPSA) is 98.2 Å². The van der Waals surface area contributed by atoms with Gasteiger partial charge in [0.25, 0.3) is 6.01 Å². The van der Waals surface area contributed by atoms with Gasteiger partial charge >= 0.3 is 0 Å². The lowest BCUT2D eigenvalue weighted by atomic mass is 10.1. The Morgan fingerprint density at radius 1 is 1.18 bits per heavy atom. The molecule has 3 N–H and O–H groups in total. The average molecular weight is 428 g/mol. The van der Waals surface area contributed by atoms with E-state index in [4.69, 9.17) is 9.56 Å². The molecule has 0 saturated heterocycles. The predicted octanol–water partition coefficient (Wildman–Crippen LogP) is 4.85. The first kappa shape index (κ1) is 24.5. The minimum Gasteiger partial charge on any atom is -0.432 e. The molecule has 1 aromatic rings. The number of primary sulfonamides is 1. The lowest BCUT2D eigenvalue weighted by Crippen LogP contribution is -2.37. The van der Waals surface area contributed by atoms with Crippen LogP contribution in [0.1, 0.15) is 53.4 Å². The maximum Gasteiger partial charge on any atom is 0.295 e. The second kappa shape index (κ2) is 12.9. The Labute approximate surface area is 173 Å². The zero-order valence-corrected chi connectivity index (χ0v) is 18.9. The molecular formula is C20H33N3O3S2. The summed E-state index contributed by atoms with van der Waals surface area (Å²) in [5.41, 5.74) is 4.09. The molecule has 0 bridgehead atoms. The Balaban J connectivity index is 2.35. The lowest BCUT2D eigenvalue weighted by molar-refractivity contribution is 0.561. The molecule has 8 heteroatoms. The first-order valence-electron chi connectivity index (χ1n) is 9.38. The SMILES string of the molecule is CC(C)=CCCC(C)=CCCC(C)=CCSCC(Nc1ncco1)S(N)(=O)=O. The highest BCUT2D eigenvalue weighted by molar-refractivity contribution is 8.00. The van der Waals surface area contributed by atoms with Crippen molar-refractivity contribution in [1.29, 1.82) is 0 Å². The maximum absolute atomic E-state index is 11.7. The number of hydrogen-bond acceptors (Lipinski definition) is 6. The normalized spacial score (nSPS) is 14.0. The van der Waals surface area contributed by atoms with Crippen LogP contribution >= 0.6 is 11.8 Å². The molecule has 0 amide bonds. The monoisotopic (exact) mass is 427 g/mol. The zero-order chi connectivity index (χ0) is 21.0. The van der Waals surface area contributed by atoms with Gasteiger partial charge in [-0.25, -0.2) is 18.5 Å². The average Bonchev–Trinajstić information content (AvgIpc) is 3.09. The molecule has 6 nitrogen and oxygen atoms in total. The predicted molar refractivity (Wildman–Crippen MR) is 120 cm³/mol. The molecule has 1 heterocycles. The fourth-order valence-corrected chi connectivity index (χ4v) is 4.51. The highest BCUT2D eigenvalue weighted by Gasteiger charge is 2.22. The smallest absolute Gasteiger partial charge is 0.295 e. The van der Waals surface area contributed by atoms with Crippen LogP contribution in [0.3, 0.4) is 0 Å². The summed E-state index contributed by atoms with van der Waals surface area (Å²) >= 11 is 1.50. The second-order valence-electron chi connectivity index (χ2n) is 7.06. The molecule has 0 radical (unpaired) electrons. The molecule has 0 fully saturated rings. The van der Waals surface area contributed by atoms with Gasteiger partial charge < -0.3 is 9.73 Å². The summed E-state index contributed by atoms with van der Waals surface area (Å²) in [5.74, 6) is 1.04. The van der Waals surface area contributed by atoms with Crippen molar-refractivity contribution in [2.24, 2.45) is 5.14 Å². The lowest BCUT2D eigenvalue weighted by Gasteiger charge is -2.14. The standard InChI is InChI=1S/C20H33N3O3S2/c1-16(2)7-5-8-17(3)9-6-10-18(4)11-14-27-15-19(28(21,24)25)23-20-22-12-13-26-20/h7,9,11-13,19H,5-6,8,10,14-15H2,1-4H3,(H,22,23)(H2,21,24,25). The molecule has 28 heavy (non-hydrogen) atoms. The van der Waals surface area contributed by atoms with E-state index < -0.39 is 15.4 Å². The third-order valence-corrected chi connectivity index (χ3v) is 6.32. The van der Waals surface area contributed by atoms with Crippen LogP contribution in [0.15, 0.2) is 51.8 Å². The fourth-order valence-electron chi connectivity index (χ4n) is 2.37. The van der Waals surface area contributed by atoms with E-state index in [1.807, 2.05) is 0 Å². The zero-order valence-electron chi connectivity index (χ0n) is 17.3. The highest BCUT2D eigenvalue weighted by Crippen LogP contribution is 2.15. The van der Waals surface area contributed by atoms with Crippen molar-refractivity contribution in [2.75, 3.05) is 16.8 Å². The number of oxazole rings is 1. The number of anilines is 1. The summed E-state index contributed by atoms with van der Waals surface area (Å²) in [4.78, 5) is 3.87. The summed E-state index contributed by atoms with van der Waals surface area (Å²) in [6, 6.07) is 0.151. The molecule has 158 valence electrons. The van der Waals surface area contributed by atoms with Crippen molar-refractivity contribution in [3.8, 4) is 0 Å². The van der Waals surface area contributed by atoms with E-state index >= 15 is 0 Å². The summed E-state index contributed by atoms with van der Waals surface area (Å²) in [6.45, 7) is 8.54. The van der Waals surface area contributed by atoms with Gasteiger partial charge in [0.1, 0.15) is 6.26 Å². The van der Waals surface area contributed by atoms with Gasteiger partial charge in [0.15, 0.2) is 5.37 Å². The summed E-state index contributed by atoms with van der Waals surface area (Å²) < 4.78 is 28.5. The van der Waals surface area contributed by atoms with Gasteiger partial charge in [-0.2, -0.15) is 11.8 Å². The minimum absolute atomic E-state index is 0.151. The summed E-state index contributed by atoms with van der Waals surface area (Å²) in [5, 5.41) is 7.06. The van der Waals surface area contributed by atoms with Gasteiger partial charge in [-0.3, -0.25) is 0 Å². The van der Waals surface area contributed by atoms with Gasteiger partial charge in [-0.05, 0) is 53.4 Å². The van der Waals surface area contributed by atoms with Gasteiger partial charge in [0, 0.05) is 11.5 Å². The number of nitrogens with two attached hydrogens (primary N) is 1. The van der Waals surface area contributed by atoms with E-state index in [-0.39, 0.29) is 6.01 Å². The van der Waals surface area contributed by atoms with E-state index in [0.717, 1.165) is 31.4 Å². The van der Waals surface area contributed by atoms with Crippen molar-refractivity contribution < 1.29 is 12.8 Å². The molecule has 0 spiro atoms. The van der Waals surface area contributed by atoms with Crippen molar-refractivity contribution in [2.45, 2.75) is 58.8 Å². The number of nitrogens with zero attached hydrogens (tertiary/aromatic N) is 1. The van der Waals surface area contributed by atoms with E-state index in [0.29, 0.717) is 5.75 Å². The number of hydrogen-bond donors (Lipinski definition) is 2. The minimum atomic E-state index is -3.74. The molecule has 1 rings (SSSR count). The van der Waals surface area contributed by atoms with Gasteiger partial charge in [0.05, 0.1) is 6.20 Å². The third kappa shape index (κ3) is 11.4. The summed E-state index contributed by atoms with van der Waals surface area (Å²) in [7, 11) is -3.74. The van der Waals surface area contributed by atoms with Crippen LogP contribution in [0.4, 0.5) is 6.01 Å². The van der Waals surface area contributed by atoms with Crippen molar-refractivity contribution in [1.82, 2.24) is 4.98 Å². The van der Waals surface area contributed by atoms with Crippen LogP contribution in [-0.4, -0.2) is 30.3 Å². The van der Waals surface area contributed by atoms with E-state index in [1.54, 1.807) is 0 Å². The molecule has 1 unspecified atom stereocenters. The molecule has 1 atom stereocenters. The highest BCUT2D eigenvalue weighted by atomic mass is 32.2. The van der Waals surface area contributed by atoms with Crippen LogP contribution in [0.25, 0.3) is 0 Å². The maximum atomic E-state index is 11.7. The molecule has 1 aromatic heterocycles. The largest absolute Gasteiger partial charge is 0.432 e. The molecule has 0 aromatic carbocycles. The first-order valence-corrected chi connectivity index (χ1v) is 12.1. The number of aromatic nitrogens is 1. The van der Waals surface area contributed by atoms with Gasteiger partial charge in [0.2, 0.25) is 10.0 Å². The third-order valence-electron chi connectivity index (χ3n) is 4.05. The van der Waals surface area contributed by atoms with Gasteiger partial charge in [-0.15, -0.1) is 0 Å². The second-order valence-corrected chi connectivity index (χ2v) is 9.88. The number of thioether (sulfide) groups is 1. The molecule has 0 aliphatic carbocycles. The number of nitrogens with one attached hydrogen (secondary N) is 1. The number of rotatable bonds is 13. The fraction of sp³-hybridized carbons (Fsp3) is 0.550. The van der Waals surface area contributed by atoms with Gasteiger partial charge in [-0.1, -0.05) is 34.9 Å². The van der Waals surface area contributed by atoms with Crippen LogP contribution in [0.5, 0.6) is 0 Å². The Bertz CT molecular complexity index is 763. The number of sulfonamides is 1. The van der Waals surface area contributed by atoms with Crippen LogP contribution in [0.2, 0.25) is 0 Å². The van der Waals surface area contributed by atoms with Crippen molar-refractivity contribution >= 4 is 27.8 Å². The summed E-state index contributed by atoms with van der Waals surface area (Å²) in [6.07, 6.45) is 13.8. The molecule has 0 saturated carbocycles. The molecule has 0 aliphatic heterocycles. The Morgan fingerprint density at radius 3 is 2.39 bits per heavy atom. The first-order chi connectivity index (χ1) is 13.2. The Kier molecular flexibility index (Phi) is 11.3.